The number of benzene rings is 2. The summed E-state index contributed by atoms with van der Waals surface area (Å²) in [5.41, 5.74) is 2.61. The number of para-hydroxylation sites is 1. The highest BCUT2D eigenvalue weighted by Gasteiger charge is 2.12. The average molecular weight is 312 g/mol. The highest BCUT2D eigenvalue weighted by Crippen LogP contribution is 2.21. The van der Waals surface area contributed by atoms with E-state index in [2.05, 4.69) is 34.5 Å². The number of aryl methyl sites for hydroxylation is 1. The minimum absolute atomic E-state index is 0.168. The molecule has 23 heavy (non-hydrogen) atoms. The maximum absolute atomic E-state index is 13.5. The van der Waals surface area contributed by atoms with Crippen molar-refractivity contribution in [2.75, 3.05) is 23.3 Å². The van der Waals surface area contributed by atoms with E-state index >= 15 is 0 Å². The molecule has 4 heteroatoms. The van der Waals surface area contributed by atoms with E-state index in [0.717, 1.165) is 18.7 Å². The molecule has 1 amide bonds. The molecule has 0 atom stereocenters. The van der Waals surface area contributed by atoms with Gasteiger partial charge in [0, 0.05) is 25.2 Å². The van der Waals surface area contributed by atoms with Gasteiger partial charge in [0.1, 0.15) is 5.82 Å². The van der Waals surface area contributed by atoms with Gasteiger partial charge < -0.3 is 10.2 Å². The summed E-state index contributed by atoms with van der Waals surface area (Å²) >= 11 is 0. The first-order valence-electron chi connectivity index (χ1n) is 8.10. The maximum Gasteiger partial charge on any atom is 0.224 e. The molecule has 0 spiro atoms. The highest BCUT2D eigenvalue weighted by atomic mass is 19.1. The fourth-order valence-electron chi connectivity index (χ4n) is 2.88. The molecule has 1 heterocycles. The van der Waals surface area contributed by atoms with E-state index in [4.69, 9.17) is 0 Å². The Kier molecular flexibility index (Phi) is 4.91. The number of rotatable bonds is 5. The zero-order valence-corrected chi connectivity index (χ0v) is 13.1. The highest BCUT2D eigenvalue weighted by molar-refractivity contribution is 5.90. The van der Waals surface area contributed by atoms with Gasteiger partial charge in [0.25, 0.3) is 0 Å². The molecule has 1 N–H and O–H groups in total. The summed E-state index contributed by atoms with van der Waals surface area (Å²) < 4.78 is 13.5. The van der Waals surface area contributed by atoms with Gasteiger partial charge in [-0.15, -0.1) is 0 Å². The van der Waals surface area contributed by atoms with Crippen molar-refractivity contribution in [3.63, 3.8) is 0 Å². The third-order valence-corrected chi connectivity index (χ3v) is 4.20. The number of halogens is 1. The lowest BCUT2D eigenvalue weighted by Gasteiger charge is -2.17. The number of nitrogens with zero attached hydrogens (tertiary/aromatic N) is 1. The van der Waals surface area contributed by atoms with Gasteiger partial charge in [-0.25, -0.2) is 4.39 Å². The first kappa shape index (κ1) is 15.5. The first-order chi connectivity index (χ1) is 11.2. The van der Waals surface area contributed by atoms with Crippen LogP contribution in [0.5, 0.6) is 0 Å². The molecular formula is C19H21FN2O. The second-order valence-electron chi connectivity index (χ2n) is 5.89. The molecule has 1 aliphatic rings. The van der Waals surface area contributed by atoms with Crippen molar-refractivity contribution in [2.24, 2.45) is 0 Å². The van der Waals surface area contributed by atoms with Gasteiger partial charge in [-0.1, -0.05) is 24.3 Å². The summed E-state index contributed by atoms with van der Waals surface area (Å²) in [6.45, 7) is 2.26. The van der Waals surface area contributed by atoms with Crippen molar-refractivity contribution in [1.82, 2.24) is 0 Å². The Hall–Kier alpha value is -2.36. The molecule has 1 aliphatic heterocycles. The standard InChI is InChI=1S/C19H21FN2O/c20-17-5-1-2-6-18(17)21-19(23)12-9-15-7-10-16(11-8-15)22-13-3-4-14-22/h1-2,5-8,10-11H,3-4,9,12-14H2,(H,21,23). The number of anilines is 2. The third-order valence-electron chi connectivity index (χ3n) is 4.20. The SMILES string of the molecule is O=C(CCc1ccc(N2CCCC2)cc1)Nc1ccccc1F. The topological polar surface area (TPSA) is 32.3 Å². The number of hydrogen-bond acceptors (Lipinski definition) is 2. The molecular weight excluding hydrogens is 291 g/mol. The molecule has 1 fully saturated rings. The van der Waals surface area contributed by atoms with Crippen LogP contribution in [0.3, 0.4) is 0 Å². The van der Waals surface area contributed by atoms with Crippen molar-refractivity contribution in [2.45, 2.75) is 25.7 Å². The van der Waals surface area contributed by atoms with Crippen molar-refractivity contribution in [3.05, 3.63) is 59.9 Å². The zero-order valence-electron chi connectivity index (χ0n) is 13.1. The van der Waals surface area contributed by atoms with Crippen LogP contribution >= 0.6 is 0 Å². The van der Waals surface area contributed by atoms with Gasteiger partial charge >= 0.3 is 0 Å². The average Bonchev–Trinajstić information content (AvgIpc) is 3.10. The van der Waals surface area contributed by atoms with Gasteiger partial charge in [0.05, 0.1) is 5.69 Å². The van der Waals surface area contributed by atoms with E-state index in [1.54, 1.807) is 18.2 Å². The number of carbonyl (C=O) groups is 1. The Morgan fingerprint density at radius 1 is 1.04 bits per heavy atom. The molecule has 0 aromatic heterocycles. The summed E-state index contributed by atoms with van der Waals surface area (Å²) in [4.78, 5) is 14.3. The predicted molar refractivity (Wildman–Crippen MR) is 91.2 cm³/mol. The third kappa shape index (κ3) is 4.09. The van der Waals surface area contributed by atoms with Crippen molar-refractivity contribution in [3.8, 4) is 0 Å². The van der Waals surface area contributed by atoms with Crippen molar-refractivity contribution < 1.29 is 9.18 Å². The maximum atomic E-state index is 13.5. The molecule has 3 nitrogen and oxygen atoms in total. The summed E-state index contributed by atoms with van der Waals surface area (Å²) in [5, 5.41) is 2.61. The van der Waals surface area contributed by atoms with Crippen LogP contribution in [0.25, 0.3) is 0 Å². The Morgan fingerprint density at radius 3 is 2.43 bits per heavy atom. The molecule has 0 saturated carbocycles. The van der Waals surface area contributed by atoms with E-state index in [-0.39, 0.29) is 11.6 Å². The van der Waals surface area contributed by atoms with Gasteiger partial charge in [0.2, 0.25) is 5.91 Å². The largest absolute Gasteiger partial charge is 0.372 e. The molecule has 120 valence electrons. The molecule has 2 aromatic rings. The molecule has 0 unspecified atom stereocenters. The molecule has 1 saturated heterocycles. The second kappa shape index (κ2) is 7.27. The molecule has 0 bridgehead atoms. The Labute approximate surface area is 136 Å². The second-order valence-corrected chi connectivity index (χ2v) is 5.89. The lowest BCUT2D eigenvalue weighted by Crippen LogP contribution is -2.17. The zero-order chi connectivity index (χ0) is 16.1. The number of nitrogens with one attached hydrogen (secondary N) is 1. The van der Waals surface area contributed by atoms with Crippen molar-refractivity contribution >= 4 is 17.3 Å². The predicted octanol–water partition coefficient (Wildman–Crippen LogP) is 4.00. The van der Waals surface area contributed by atoms with Crippen LogP contribution in [-0.4, -0.2) is 19.0 Å². The normalized spacial score (nSPS) is 14.0. The Bertz CT molecular complexity index is 663. The van der Waals surface area contributed by atoms with Crippen LogP contribution in [0.2, 0.25) is 0 Å². The van der Waals surface area contributed by atoms with Gasteiger partial charge in [0.15, 0.2) is 0 Å². The summed E-state index contributed by atoms with van der Waals surface area (Å²) in [6.07, 6.45) is 3.52. The van der Waals surface area contributed by atoms with E-state index in [1.165, 1.54) is 24.6 Å². The number of hydrogen-bond donors (Lipinski definition) is 1. The van der Waals surface area contributed by atoms with Gasteiger partial charge in [-0.05, 0) is 49.1 Å². The van der Waals surface area contributed by atoms with E-state index in [9.17, 15) is 9.18 Å². The van der Waals surface area contributed by atoms with Crippen LogP contribution < -0.4 is 10.2 Å². The van der Waals surface area contributed by atoms with Crippen molar-refractivity contribution in [1.29, 1.82) is 0 Å². The summed E-state index contributed by atoms with van der Waals surface area (Å²) in [7, 11) is 0. The van der Waals surface area contributed by atoms with Gasteiger partial charge in [-0.3, -0.25) is 4.79 Å². The first-order valence-corrected chi connectivity index (χ1v) is 8.10. The molecule has 0 radical (unpaired) electrons. The van der Waals surface area contributed by atoms with E-state index < -0.39 is 5.82 Å². The Morgan fingerprint density at radius 2 is 1.74 bits per heavy atom. The summed E-state index contributed by atoms with van der Waals surface area (Å²) in [6, 6.07) is 14.6. The van der Waals surface area contributed by atoms with Crippen LogP contribution in [0.15, 0.2) is 48.5 Å². The fraction of sp³-hybridized carbons (Fsp3) is 0.316. The Balaban J connectivity index is 1.51. The van der Waals surface area contributed by atoms with Gasteiger partial charge in [-0.2, -0.15) is 0 Å². The van der Waals surface area contributed by atoms with E-state index in [0.29, 0.717) is 12.8 Å². The minimum atomic E-state index is -0.407. The lowest BCUT2D eigenvalue weighted by atomic mass is 10.1. The van der Waals surface area contributed by atoms with Crippen LogP contribution in [0, 0.1) is 5.82 Å². The minimum Gasteiger partial charge on any atom is -0.372 e. The molecule has 0 aliphatic carbocycles. The number of amides is 1. The molecule has 3 rings (SSSR count). The fourth-order valence-corrected chi connectivity index (χ4v) is 2.88. The van der Waals surface area contributed by atoms with Crippen LogP contribution in [0.4, 0.5) is 15.8 Å². The summed E-state index contributed by atoms with van der Waals surface area (Å²) in [5.74, 6) is -0.575. The van der Waals surface area contributed by atoms with Crippen LogP contribution in [-0.2, 0) is 11.2 Å². The lowest BCUT2D eigenvalue weighted by molar-refractivity contribution is -0.116. The van der Waals surface area contributed by atoms with Crippen LogP contribution in [0.1, 0.15) is 24.8 Å². The number of carbonyl (C=O) groups excluding carboxylic acids is 1. The van der Waals surface area contributed by atoms with E-state index in [1.807, 2.05) is 0 Å². The monoisotopic (exact) mass is 312 g/mol. The quantitative estimate of drug-likeness (QED) is 0.905. The smallest absolute Gasteiger partial charge is 0.224 e. The molecule has 2 aromatic carbocycles.